The zero-order chi connectivity index (χ0) is 13.0. The Morgan fingerprint density at radius 2 is 1.89 bits per heavy atom. The van der Waals surface area contributed by atoms with Crippen LogP contribution in [0, 0.1) is 0 Å². The molecule has 4 nitrogen and oxygen atoms in total. The molecule has 18 heavy (non-hydrogen) atoms. The maximum absolute atomic E-state index is 5.33. The predicted molar refractivity (Wildman–Crippen MR) is 70.0 cm³/mol. The van der Waals surface area contributed by atoms with Crippen LogP contribution in [0.3, 0.4) is 0 Å². The van der Waals surface area contributed by atoms with Crippen molar-refractivity contribution >= 4 is 0 Å². The quantitative estimate of drug-likeness (QED) is 0.882. The fourth-order valence-corrected chi connectivity index (χ4v) is 1.94. The van der Waals surface area contributed by atoms with Crippen LogP contribution in [-0.4, -0.2) is 21.3 Å². The van der Waals surface area contributed by atoms with Crippen LogP contribution in [0.1, 0.15) is 5.56 Å². The summed E-state index contributed by atoms with van der Waals surface area (Å²) < 4.78 is 15.8. The van der Waals surface area contributed by atoms with Gasteiger partial charge in [0, 0.05) is 12.1 Å². The second-order valence-corrected chi connectivity index (χ2v) is 3.91. The highest BCUT2D eigenvalue weighted by Crippen LogP contribution is 2.35. The summed E-state index contributed by atoms with van der Waals surface area (Å²) >= 11 is 0. The van der Waals surface area contributed by atoms with Gasteiger partial charge in [-0.15, -0.1) is 0 Å². The summed E-state index contributed by atoms with van der Waals surface area (Å²) in [7, 11) is 5.18. The van der Waals surface area contributed by atoms with Gasteiger partial charge in [0.1, 0.15) is 0 Å². The number of hydrogen-bond acceptors (Lipinski definition) is 4. The molecule has 96 valence electrons. The minimum atomic E-state index is 0.716. The molecule has 0 fully saturated rings. The molecule has 0 aliphatic heterocycles. The van der Waals surface area contributed by atoms with Crippen molar-refractivity contribution in [2.45, 2.75) is 6.54 Å². The first-order valence-electron chi connectivity index (χ1n) is 5.72. The Hall–Kier alpha value is -1.94. The van der Waals surface area contributed by atoms with E-state index in [1.165, 1.54) is 0 Å². The van der Waals surface area contributed by atoms with Crippen molar-refractivity contribution in [1.29, 1.82) is 0 Å². The van der Waals surface area contributed by atoms with E-state index in [9.17, 15) is 0 Å². The van der Waals surface area contributed by atoms with Crippen molar-refractivity contribution in [3.8, 4) is 22.6 Å². The molecule has 1 aromatic heterocycles. The van der Waals surface area contributed by atoms with Gasteiger partial charge in [0.05, 0.1) is 26.7 Å². The summed E-state index contributed by atoms with van der Waals surface area (Å²) in [6, 6.07) is 5.88. The van der Waals surface area contributed by atoms with Gasteiger partial charge in [-0.3, -0.25) is 0 Å². The molecule has 0 atom stereocenters. The summed E-state index contributed by atoms with van der Waals surface area (Å²) in [6.45, 7) is 0.751. The van der Waals surface area contributed by atoms with Crippen LogP contribution < -0.4 is 14.8 Å². The van der Waals surface area contributed by atoms with Gasteiger partial charge in [-0.05, 0) is 36.4 Å². The Bertz CT molecular complexity index is 506. The number of methoxy groups -OCH3 is 2. The first kappa shape index (κ1) is 12.5. The van der Waals surface area contributed by atoms with Crippen LogP contribution >= 0.6 is 0 Å². The first-order chi connectivity index (χ1) is 8.80. The van der Waals surface area contributed by atoms with Crippen molar-refractivity contribution in [3.63, 3.8) is 0 Å². The summed E-state index contributed by atoms with van der Waals surface area (Å²) in [4.78, 5) is 0. The molecule has 1 heterocycles. The first-order valence-corrected chi connectivity index (χ1v) is 5.72. The number of nitrogens with one attached hydrogen (secondary N) is 1. The third kappa shape index (κ3) is 2.33. The molecule has 1 N–H and O–H groups in total. The number of ether oxygens (including phenoxy) is 2. The van der Waals surface area contributed by atoms with Gasteiger partial charge in [0.2, 0.25) is 0 Å². The van der Waals surface area contributed by atoms with E-state index in [2.05, 4.69) is 5.32 Å². The third-order valence-corrected chi connectivity index (χ3v) is 2.81. The zero-order valence-electron chi connectivity index (χ0n) is 10.8. The van der Waals surface area contributed by atoms with Gasteiger partial charge in [0.25, 0.3) is 0 Å². The number of benzene rings is 1. The van der Waals surface area contributed by atoms with Crippen LogP contribution in [0.15, 0.2) is 35.1 Å². The fourth-order valence-electron chi connectivity index (χ4n) is 1.94. The minimum Gasteiger partial charge on any atom is -0.493 e. The van der Waals surface area contributed by atoms with E-state index >= 15 is 0 Å². The second kappa shape index (κ2) is 5.60. The van der Waals surface area contributed by atoms with E-state index in [4.69, 9.17) is 13.9 Å². The fraction of sp³-hybridized carbons (Fsp3) is 0.286. The number of rotatable bonds is 5. The maximum atomic E-state index is 5.33. The van der Waals surface area contributed by atoms with Crippen molar-refractivity contribution < 1.29 is 13.9 Å². The van der Waals surface area contributed by atoms with E-state index in [1.54, 1.807) is 26.7 Å². The highest BCUT2D eigenvalue weighted by molar-refractivity contribution is 5.70. The SMILES string of the molecule is CNCc1cc(OC)c(OC)cc1-c1ccoc1. The standard InChI is InChI=1S/C14H17NO3/c1-15-8-11-6-13(16-2)14(17-3)7-12(11)10-4-5-18-9-10/h4-7,9,15H,8H2,1-3H3. The van der Waals surface area contributed by atoms with Gasteiger partial charge >= 0.3 is 0 Å². The lowest BCUT2D eigenvalue weighted by molar-refractivity contribution is 0.354. The molecule has 0 bridgehead atoms. The van der Waals surface area contributed by atoms with Crippen LogP contribution in [0.25, 0.3) is 11.1 Å². The lowest BCUT2D eigenvalue weighted by atomic mass is 10.0. The zero-order valence-corrected chi connectivity index (χ0v) is 10.8. The van der Waals surface area contributed by atoms with E-state index in [0.29, 0.717) is 5.75 Å². The van der Waals surface area contributed by atoms with Crippen molar-refractivity contribution in [3.05, 3.63) is 36.3 Å². The summed E-state index contributed by atoms with van der Waals surface area (Å²) in [5, 5.41) is 3.15. The Balaban J connectivity index is 2.55. The predicted octanol–water partition coefficient (Wildman–Crippen LogP) is 2.68. The van der Waals surface area contributed by atoms with Gasteiger partial charge in [-0.1, -0.05) is 0 Å². The van der Waals surface area contributed by atoms with Crippen molar-refractivity contribution in [2.24, 2.45) is 0 Å². The lowest BCUT2D eigenvalue weighted by Gasteiger charge is -2.14. The Morgan fingerprint density at radius 1 is 1.17 bits per heavy atom. The van der Waals surface area contributed by atoms with Crippen molar-refractivity contribution in [2.75, 3.05) is 21.3 Å². The highest BCUT2D eigenvalue weighted by Gasteiger charge is 2.12. The molecule has 0 radical (unpaired) electrons. The molecule has 0 saturated carbocycles. The molecular formula is C14H17NO3. The monoisotopic (exact) mass is 247 g/mol. The van der Waals surface area contributed by atoms with Crippen LogP contribution in [0.4, 0.5) is 0 Å². The molecule has 0 unspecified atom stereocenters. The molecular weight excluding hydrogens is 230 g/mol. The van der Waals surface area contributed by atoms with E-state index in [0.717, 1.165) is 29.0 Å². The Kier molecular flexibility index (Phi) is 3.89. The van der Waals surface area contributed by atoms with Crippen LogP contribution in [0.2, 0.25) is 0 Å². The molecule has 0 aliphatic rings. The maximum Gasteiger partial charge on any atom is 0.161 e. The Morgan fingerprint density at radius 3 is 2.44 bits per heavy atom. The van der Waals surface area contributed by atoms with Crippen LogP contribution in [-0.2, 0) is 6.54 Å². The smallest absolute Gasteiger partial charge is 0.161 e. The van der Waals surface area contributed by atoms with Gasteiger partial charge in [-0.25, -0.2) is 0 Å². The van der Waals surface area contributed by atoms with Gasteiger partial charge in [-0.2, -0.15) is 0 Å². The topological polar surface area (TPSA) is 43.6 Å². The minimum absolute atomic E-state index is 0.716. The molecule has 2 rings (SSSR count). The molecule has 0 amide bonds. The third-order valence-electron chi connectivity index (χ3n) is 2.81. The second-order valence-electron chi connectivity index (χ2n) is 3.91. The molecule has 1 aromatic carbocycles. The Labute approximate surface area is 107 Å². The number of hydrogen-bond donors (Lipinski definition) is 1. The molecule has 4 heteroatoms. The van der Waals surface area contributed by atoms with Gasteiger partial charge < -0.3 is 19.2 Å². The average Bonchev–Trinajstić information content (AvgIpc) is 2.92. The summed E-state index contributed by atoms with van der Waals surface area (Å²) in [5.41, 5.74) is 3.24. The van der Waals surface area contributed by atoms with Crippen LogP contribution in [0.5, 0.6) is 11.5 Å². The number of furan rings is 1. The largest absolute Gasteiger partial charge is 0.493 e. The molecule has 0 aliphatic carbocycles. The van der Waals surface area contributed by atoms with Gasteiger partial charge in [0.15, 0.2) is 11.5 Å². The summed E-state index contributed by atoms with van der Waals surface area (Å²) in [6.07, 6.45) is 3.38. The van der Waals surface area contributed by atoms with E-state index < -0.39 is 0 Å². The molecule has 0 saturated heterocycles. The van der Waals surface area contributed by atoms with Crippen molar-refractivity contribution in [1.82, 2.24) is 5.32 Å². The van der Waals surface area contributed by atoms with E-state index in [1.807, 2.05) is 25.2 Å². The molecule has 2 aromatic rings. The highest BCUT2D eigenvalue weighted by atomic mass is 16.5. The normalized spacial score (nSPS) is 10.4. The van der Waals surface area contributed by atoms with E-state index in [-0.39, 0.29) is 0 Å². The summed E-state index contributed by atoms with van der Waals surface area (Å²) in [5.74, 6) is 1.45. The average molecular weight is 247 g/mol. The lowest BCUT2D eigenvalue weighted by Crippen LogP contribution is -2.07. The molecule has 0 spiro atoms.